The van der Waals surface area contributed by atoms with Gasteiger partial charge in [-0.3, -0.25) is 4.79 Å². The number of carboxylic acid groups (broad SMARTS) is 1. The fraction of sp³-hybridized carbons (Fsp3) is 0.429. The molecule has 1 atom stereocenters. The monoisotopic (exact) mass is 274 g/mol. The van der Waals surface area contributed by atoms with Crippen LogP contribution in [0.3, 0.4) is 0 Å². The Hall–Kier alpha value is -2.24. The van der Waals surface area contributed by atoms with Crippen molar-refractivity contribution in [3.8, 4) is 0 Å². The minimum absolute atomic E-state index is 0.0245. The first-order valence-electron chi connectivity index (χ1n) is 6.69. The van der Waals surface area contributed by atoms with Crippen molar-refractivity contribution in [3.05, 3.63) is 41.7 Å². The smallest absolute Gasteiger partial charge is 0.305 e. The van der Waals surface area contributed by atoms with Gasteiger partial charge >= 0.3 is 5.97 Å². The second-order valence-electron chi connectivity index (χ2n) is 4.83. The second kappa shape index (κ2) is 6.79. The van der Waals surface area contributed by atoms with E-state index in [9.17, 15) is 4.79 Å². The summed E-state index contributed by atoms with van der Waals surface area (Å²) in [6.45, 7) is 1.81. The Kier molecular flexibility index (Phi) is 4.81. The molecule has 106 valence electrons. The number of rotatable bonds is 7. The molecule has 0 saturated carbocycles. The standard InChI is InChI=1S/C14H18N4O2/c1-11(10-14(19)20)18-13(15-16-17-18)9-5-8-12-6-3-2-4-7-12/h2-4,6-7,11H,5,8-10H2,1H3,(H,19,20). The largest absolute Gasteiger partial charge is 0.481 e. The van der Waals surface area contributed by atoms with Gasteiger partial charge in [-0.25, -0.2) is 4.68 Å². The highest BCUT2D eigenvalue weighted by Crippen LogP contribution is 2.12. The van der Waals surface area contributed by atoms with E-state index < -0.39 is 5.97 Å². The van der Waals surface area contributed by atoms with E-state index in [0.29, 0.717) is 0 Å². The van der Waals surface area contributed by atoms with Crippen LogP contribution >= 0.6 is 0 Å². The predicted molar refractivity (Wildman–Crippen MR) is 73.2 cm³/mol. The quantitative estimate of drug-likeness (QED) is 0.833. The van der Waals surface area contributed by atoms with Crippen molar-refractivity contribution in [3.63, 3.8) is 0 Å². The number of carboxylic acids is 1. The Labute approximate surface area is 117 Å². The Morgan fingerprint density at radius 1 is 1.30 bits per heavy atom. The van der Waals surface area contributed by atoms with Crippen LogP contribution in [0.5, 0.6) is 0 Å². The van der Waals surface area contributed by atoms with Crippen molar-refractivity contribution in [2.45, 2.75) is 38.6 Å². The highest BCUT2D eigenvalue weighted by molar-refractivity contribution is 5.67. The van der Waals surface area contributed by atoms with Gasteiger partial charge < -0.3 is 5.11 Å². The lowest BCUT2D eigenvalue weighted by atomic mass is 10.1. The maximum Gasteiger partial charge on any atom is 0.305 e. The molecule has 0 bridgehead atoms. The first kappa shape index (κ1) is 14.2. The average Bonchev–Trinajstić information content (AvgIpc) is 2.88. The van der Waals surface area contributed by atoms with Crippen molar-refractivity contribution in [2.75, 3.05) is 0 Å². The molecule has 0 aliphatic carbocycles. The molecule has 0 aliphatic heterocycles. The van der Waals surface area contributed by atoms with Crippen molar-refractivity contribution >= 4 is 5.97 Å². The number of aromatic nitrogens is 4. The normalized spacial score (nSPS) is 12.2. The number of hydrogen-bond acceptors (Lipinski definition) is 4. The lowest BCUT2D eigenvalue weighted by Crippen LogP contribution is -2.15. The predicted octanol–water partition coefficient (Wildman–Crippen LogP) is 1.88. The molecule has 0 spiro atoms. The van der Waals surface area contributed by atoms with E-state index in [-0.39, 0.29) is 12.5 Å². The van der Waals surface area contributed by atoms with Crippen LogP contribution in [0.2, 0.25) is 0 Å². The Balaban J connectivity index is 1.90. The zero-order chi connectivity index (χ0) is 14.4. The number of aryl methyl sites for hydroxylation is 2. The molecule has 1 heterocycles. The fourth-order valence-corrected chi connectivity index (χ4v) is 2.15. The van der Waals surface area contributed by atoms with Crippen LogP contribution in [0.1, 0.15) is 37.2 Å². The van der Waals surface area contributed by atoms with Crippen LogP contribution < -0.4 is 0 Å². The van der Waals surface area contributed by atoms with Gasteiger partial charge in [-0.15, -0.1) is 5.10 Å². The lowest BCUT2D eigenvalue weighted by molar-refractivity contribution is -0.137. The molecule has 0 saturated heterocycles. The van der Waals surface area contributed by atoms with Crippen LogP contribution in [0.15, 0.2) is 30.3 Å². The topological polar surface area (TPSA) is 80.9 Å². The number of hydrogen-bond donors (Lipinski definition) is 1. The molecule has 0 radical (unpaired) electrons. The van der Waals surface area contributed by atoms with Crippen LogP contribution in [0.25, 0.3) is 0 Å². The summed E-state index contributed by atoms with van der Waals surface area (Å²) in [4.78, 5) is 10.7. The summed E-state index contributed by atoms with van der Waals surface area (Å²) in [6.07, 6.45) is 2.66. The summed E-state index contributed by atoms with van der Waals surface area (Å²) >= 11 is 0. The van der Waals surface area contributed by atoms with E-state index in [1.165, 1.54) is 5.56 Å². The number of tetrazole rings is 1. The Bertz CT molecular complexity index is 553. The summed E-state index contributed by atoms with van der Waals surface area (Å²) in [5.74, 6) is -0.0992. The number of aliphatic carboxylic acids is 1. The summed E-state index contributed by atoms with van der Waals surface area (Å²) in [5.41, 5.74) is 1.28. The summed E-state index contributed by atoms with van der Waals surface area (Å²) < 4.78 is 1.61. The molecule has 2 aromatic rings. The van der Waals surface area contributed by atoms with Gasteiger partial charge in [0.25, 0.3) is 0 Å². The molecule has 1 unspecified atom stereocenters. The van der Waals surface area contributed by atoms with E-state index in [4.69, 9.17) is 5.11 Å². The number of benzene rings is 1. The lowest BCUT2D eigenvalue weighted by Gasteiger charge is -2.10. The minimum atomic E-state index is -0.844. The Morgan fingerprint density at radius 3 is 2.75 bits per heavy atom. The highest BCUT2D eigenvalue weighted by Gasteiger charge is 2.15. The van der Waals surface area contributed by atoms with Crippen molar-refractivity contribution < 1.29 is 9.90 Å². The second-order valence-corrected chi connectivity index (χ2v) is 4.83. The molecule has 20 heavy (non-hydrogen) atoms. The third-order valence-electron chi connectivity index (χ3n) is 3.16. The van der Waals surface area contributed by atoms with Crippen molar-refractivity contribution in [2.24, 2.45) is 0 Å². The van der Waals surface area contributed by atoms with Gasteiger partial charge in [-0.1, -0.05) is 30.3 Å². The van der Waals surface area contributed by atoms with Gasteiger partial charge in [0.1, 0.15) is 0 Å². The minimum Gasteiger partial charge on any atom is -0.481 e. The highest BCUT2D eigenvalue weighted by atomic mass is 16.4. The molecule has 2 rings (SSSR count). The fourth-order valence-electron chi connectivity index (χ4n) is 2.15. The molecule has 1 aromatic heterocycles. The molecule has 0 fully saturated rings. The maximum absolute atomic E-state index is 10.7. The molecule has 1 N–H and O–H groups in total. The molecular weight excluding hydrogens is 256 g/mol. The van der Waals surface area contributed by atoms with E-state index in [1.807, 2.05) is 25.1 Å². The molecule has 0 amide bonds. The van der Waals surface area contributed by atoms with Crippen LogP contribution in [-0.2, 0) is 17.6 Å². The zero-order valence-electron chi connectivity index (χ0n) is 11.4. The summed E-state index contributed by atoms with van der Waals surface area (Å²) in [5, 5.41) is 20.3. The Morgan fingerprint density at radius 2 is 2.05 bits per heavy atom. The molecule has 6 nitrogen and oxygen atoms in total. The van der Waals surface area contributed by atoms with Crippen molar-refractivity contribution in [1.82, 2.24) is 20.2 Å². The maximum atomic E-state index is 10.7. The van der Waals surface area contributed by atoms with Gasteiger partial charge in [0.2, 0.25) is 0 Å². The van der Waals surface area contributed by atoms with E-state index in [1.54, 1.807) is 4.68 Å². The summed E-state index contributed by atoms with van der Waals surface area (Å²) in [6, 6.07) is 10.0. The van der Waals surface area contributed by atoms with Gasteiger partial charge in [-0.05, 0) is 35.8 Å². The molecular formula is C14H18N4O2. The molecule has 0 aliphatic rings. The third-order valence-corrected chi connectivity index (χ3v) is 3.16. The van der Waals surface area contributed by atoms with Crippen molar-refractivity contribution in [1.29, 1.82) is 0 Å². The third kappa shape index (κ3) is 3.88. The van der Waals surface area contributed by atoms with E-state index in [0.717, 1.165) is 25.1 Å². The van der Waals surface area contributed by atoms with E-state index >= 15 is 0 Å². The van der Waals surface area contributed by atoms with E-state index in [2.05, 4.69) is 27.7 Å². The zero-order valence-corrected chi connectivity index (χ0v) is 11.4. The SMILES string of the molecule is CC(CC(=O)O)n1nnnc1CCCc1ccccc1. The number of carbonyl (C=O) groups is 1. The molecule has 6 heteroatoms. The van der Waals surface area contributed by atoms with Gasteiger partial charge in [0.15, 0.2) is 5.82 Å². The first-order valence-corrected chi connectivity index (χ1v) is 6.69. The summed E-state index contributed by atoms with van der Waals surface area (Å²) in [7, 11) is 0. The van der Waals surface area contributed by atoms with Crippen LogP contribution in [0, 0.1) is 0 Å². The first-order chi connectivity index (χ1) is 9.66. The number of nitrogens with zero attached hydrogens (tertiary/aromatic N) is 4. The average molecular weight is 274 g/mol. The van der Waals surface area contributed by atoms with Crippen LogP contribution in [-0.4, -0.2) is 31.3 Å². The van der Waals surface area contributed by atoms with Gasteiger partial charge in [-0.2, -0.15) is 0 Å². The molecule has 1 aromatic carbocycles. The van der Waals surface area contributed by atoms with Crippen LogP contribution in [0.4, 0.5) is 0 Å². The van der Waals surface area contributed by atoms with Gasteiger partial charge in [0.05, 0.1) is 12.5 Å². The van der Waals surface area contributed by atoms with Gasteiger partial charge in [0, 0.05) is 6.42 Å².